The number of rotatable bonds is 6. The Morgan fingerprint density at radius 2 is 1.65 bits per heavy atom. The fraction of sp³-hybridized carbons (Fsp3) is 0.208. The second-order valence-corrected chi connectivity index (χ2v) is 8.61. The fourth-order valence-electron chi connectivity index (χ4n) is 3.54. The third-order valence-corrected chi connectivity index (χ3v) is 6.27. The van der Waals surface area contributed by atoms with Crippen LogP contribution in [0.1, 0.15) is 24.0 Å². The van der Waals surface area contributed by atoms with Gasteiger partial charge in [-0.25, -0.2) is 4.39 Å². The van der Waals surface area contributed by atoms with Gasteiger partial charge in [0.05, 0.1) is 16.3 Å². The topological polar surface area (TPSA) is 58.7 Å². The van der Waals surface area contributed by atoms with Gasteiger partial charge in [0.1, 0.15) is 5.82 Å². The number of benzene rings is 3. The van der Waals surface area contributed by atoms with Gasteiger partial charge in [-0.05, 0) is 79.4 Å². The van der Waals surface area contributed by atoms with Crippen LogP contribution in [0.15, 0.2) is 75.4 Å². The third-order valence-electron chi connectivity index (χ3n) is 5.25. The summed E-state index contributed by atoms with van der Waals surface area (Å²) in [5.41, 5.74) is 3.30. The number of hydrogen-bond acceptors (Lipinski definition) is 5. The highest BCUT2D eigenvalue weighted by Gasteiger charge is 2.17. The summed E-state index contributed by atoms with van der Waals surface area (Å²) in [4.78, 5) is 18.9. The first-order chi connectivity index (χ1) is 15.0. The molecule has 4 rings (SSSR count). The first-order valence-corrected chi connectivity index (χ1v) is 10.9. The van der Waals surface area contributed by atoms with E-state index in [0.717, 1.165) is 52.5 Å². The second-order valence-electron chi connectivity index (χ2n) is 7.46. The summed E-state index contributed by atoms with van der Waals surface area (Å²) < 4.78 is 14.6. The lowest BCUT2D eigenvalue weighted by Gasteiger charge is -2.19. The molecule has 1 saturated heterocycles. The van der Waals surface area contributed by atoms with Gasteiger partial charge in [0.2, 0.25) is 0 Å². The molecule has 3 aromatic rings. The van der Waals surface area contributed by atoms with Gasteiger partial charge in [-0.1, -0.05) is 11.8 Å². The van der Waals surface area contributed by atoms with Crippen molar-refractivity contribution in [2.45, 2.75) is 29.6 Å². The number of halogens is 1. The van der Waals surface area contributed by atoms with Crippen molar-refractivity contribution in [2.75, 3.05) is 18.0 Å². The maximum Gasteiger partial charge on any atom is 0.269 e. The molecule has 0 N–H and O–H groups in total. The highest BCUT2D eigenvalue weighted by atomic mass is 32.2. The lowest BCUT2D eigenvalue weighted by atomic mass is 10.1. The number of hydrogen-bond donors (Lipinski definition) is 0. The monoisotopic (exact) mass is 435 g/mol. The molecule has 0 bridgehead atoms. The smallest absolute Gasteiger partial charge is 0.269 e. The zero-order chi connectivity index (χ0) is 21.8. The van der Waals surface area contributed by atoms with Crippen LogP contribution in [-0.4, -0.2) is 24.2 Å². The Balaban J connectivity index is 1.43. The Morgan fingerprint density at radius 3 is 2.26 bits per heavy atom. The molecule has 158 valence electrons. The largest absolute Gasteiger partial charge is 0.369 e. The normalized spacial score (nSPS) is 13.8. The van der Waals surface area contributed by atoms with Crippen LogP contribution in [0.25, 0.3) is 0 Å². The molecular formula is C24H22FN3O2S. The molecule has 0 spiro atoms. The van der Waals surface area contributed by atoms with E-state index in [4.69, 9.17) is 0 Å². The van der Waals surface area contributed by atoms with Gasteiger partial charge in [0.15, 0.2) is 0 Å². The minimum Gasteiger partial charge on any atom is -0.369 e. The SMILES string of the molecule is Cc1cc(N2CCCC2)c(F)cc1C=Nc1ccc(Sc2ccc([N+](=O)[O-])cc2)cc1. The van der Waals surface area contributed by atoms with Crippen molar-refractivity contribution in [3.8, 4) is 0 Å². The van der Waals surface area contributed by atoms with Gasteiger partial charge in [-0.15, -0.1) is 0 Å². The summed E-state index contributed by atoms with van der Waals surface area (Å²) >= 11 is 1.52. The van der Waals surface area contributed by atoms with Crippen molar-refractivity contribution in [2.24, 2.45) is 4.99 Å². The summed E-state index contributed by atoms with van der Waals surface area (Å²) in [6.45, 7) is 3.80. The van der Waals surface area contributed by atoms with Crippen molar-refractivity contribution in [3.05, 3.63) is 87.7 Å². The van der Waals surface area contributed by atoms with Gasteiger partial charge in [-0.3, -0.25) is 15.1 Å². The zero-order valence-electron chi connectivity index (χ0n) is 17.1. The number of nitro benzene ring substituents is 1. The van der Waals surface area contributed by atoms with Crippen LogP contribution in [0.5, 0.6) is 0 Å². The predicted molar refractivity (Wildman–Crippen MR) is 123 cm³/mol. The van der Waals surface area contributed by atoms with Crippen LogP contribution in [0.2, 0.25) is 0 Å². The molecule has 1 aliphatic heterocycles. The summed E-state index contributed by atoms with van der Waals surface area (Å²) in [5.74, 6) is -0.205. The first-order valence-electron chi connectivity index (χ1n) is 10.1. The maximum absolute atomic E-state index is 14.6. The van der Waals surface area contributed by atoms with Crippen LogP contribution in [0.3, 0.4) is 0 Å². The van der Waals surface area contributed by atoms with Crippen LogP contribution in [-0.2, 0) is 0 Å². The molecule has 1 heterocycles. The molecule has 31 heavy (non-hydrogen) atoms. The van der Waals surface area contributed by atoms with Crippen molar-refractivity contribution >= 4 is 35.0 Å². The average molecular weight is 436 g/mol. The number of non-ortho nitro benzene ring substituents is 1. The van der Waals surface area contributed by atoms with E-state index in [1.54, 1.807) is 24.4 Å². The summed E-state index contributed by atoms with van der Waals surface area (Å²) in [7, 11) is 0. The fourth-order valence-corrected chi connectivity index (χ4v) is 4.35. The molecule has 0 saturated carbocycles. The Bertz CT molecular complexity index is 1110. The van der Waals surface area contributed by atoms with Gasteiger partial charge < -0.3 is 4.90 Å². The Morgan fingerprint density at radius 1 is 1.03 bits per heavy atom. The highest BCUT2D eigenvalue weighted by Crippen LogP contribution is 2.30. The Kier molecular flexibility index (Phi) is 6.32. The van der Waals surface area contributed by atoms with Gasteiger partial charge >= 0.3 is 0 Å². The standard InChI is InChI=1S/C24H22FN3O2S/c1-17-14-24(27-12-2-3-13-27)23(25)15-18(17)16-26-19-4-8-21(9-5-19)31-22-10-6-20(7-11-22)28(29)30/h4-11,14-16H,2-3,12-13H2,1H3. The van der Waals surface area contributed by atoms with Crippen LogP contribution in [0.4, 0.5) is 21.5 Å². The second kappa shape index (κ2) is 9.31. The number of aliphatic imine (C=N–C) groups is 1. The maximum atomic E-state index is 14.6. The molecule has 0 unspecified atom stereocenters. The number of nitro groups is 1. The lowest BCUT2D eigenvalue weighted by Crippen LogP contribution is -2.19. The van der Waals surface area contributed by atoms with E-state index in [1.807, 2.05) is 37.3 Å². The Hall–Kier alpha value is -3.19. The molecule has 0 atom stereocenters. The molecule has 0 amide bonds. The summed E-state index contributed by atoms with van der Waals surface area (Å²) in [5, 5.41) is 10.8. The first kappa shape index (κ1) is 21.1. The lowest BCUT2D eigenvalue weighted by molar-refractivity contribution is -0.384. The van der Waals surface area contributed by atoms with E-state index < -0.39 is 4.92 Å². The summed E-state index contributed by atoms with van der Waals surface area (Å²) in [6, 6.07) is 17.6. The highest BCUT2D eigenvalue weighted by molar-refractivity contribution is 7.99. The quantitative estimate of drug-likeness (QED) is 0.250. The van der Waals surface area contributed by atoms with Crippen molar-refractivity contribution in [3.63, 3.8) is 0 Å². The molecule has 5 nitrogen and oxygen atoms in total. The number of nitrogens with zero attached hydrogens (tertiary/aromatic N) is 3. The van der Waals surface area contributed by atoms with E-state index >= 15 is 0 Å². The Labute approximate surface area is 184 Å². The van der Waals surface area contributed by atoms with Crippen LogP contribution in [0, 0.1) is 22.9 Å². The van der Waals surface area contributed by atoms with Crippen molar-refractivity contribution in [1.82, 2.24) is 0 Å². The molecule has 0 aliphatic carbocycles. The number of anilines is 1. The van der Waals surface area contributed by atoms with E-state index in [9.17, 15) is 14.5 Å². The van der Waals surface area contributed by atoms with Crippen LogP contribution < -0.4 is 4.90 Å². The van der Waals surface area contributed by atoms with Crippen molar-refractivity contribution in [1.29, 1.82) is 0 Å². The molecular weight excluding hydrogens is 413 g/mol. The van der Waals surface area contributed by atoms with E-state index in [-0.39, 0.29) is 11.5 Å². The van der Waals surface area contributed by atoms with Crippen LogP contribution >= 0.6 is 11.8 Å². The minimum atomic E-state index is -0.408. The van der Waals surface area contributed by atoms with Gasteiger partial charge in [0, 0.05) is 41.2 Å². The van der Waals surface area contributed by atoms with E-state index in [1.165, 1.54) is 23.9 Å². The molecule has 1 fully saturated rings. The van der Waals surface area contributed by atoms with E-state index in [2.05, 4.69) is 9.89 Å². The third kappa shape index (κ3) is 5.11. The van der Waals surface area contributed by atoms with Crippen molar-refractivity contribution < 1.29 is 9.31 Å². The molecule has 3 aromatic carbocycles. The molecule has 0 radical (unpaired) electrons. The predicted octanol–water partition coefficient (Wildman–Crippen LogP) is 6.54. The number of aryl methyl sites for hydroxylation is 1. The van der Waals surface area contributed by atoms with Gasteiger partial charge in [-0.2, -0.15) is 0 Å². The van der Waals surface area contributed by atoms with Gasteiger partial charge in [0.25, 0.3) is 5.69 Å². The minimum absolute atomic E-state index is 0.0780. The summed E-state index contributed by atoms with van der Waals surface area (Å²) in [6.07, 6.45) is 3.92. The molecule has 1 aliphatic rings. The zero-order valence-corrected chi connectivity index (χ0v) is 17.9. The van der Waals surface area contributed by atoms with E-state index in [0.29, 0.717) is 5.69 Å². The molecule has 7 heteroatoms. The molecule has 0 aromatic heterocycles. The average Bonchev–Trinajstić information content (AvgIpc) is 3.30.